The van der Waals surface area contributed by atoms with Crippen molar-refractivity contribution in [1.29, 1.82) is 0 Å². The van der Waals surface area contributed by atoms with Crippen LogP contribution in [-0.2, 0) is 0 Å². The molecule has 0 spiro atoms. The number of nitrogens with one attached hydrogen (secondary N) is 1. The van der Waals surface area contributed by atoms with Gasteiger partial charge in [-0.15, -0.1) is 0 Å². The lowest BCUT2D eigenvalue weighted by Crippen LogP contribution is -2.48. The van der Waals surface area contributed by atoms with Crippen molar-refractivity contribution < 1.29 is 14.3 Å². The van der Waals surface area contributed by atoms with E-state index in [1.54, 1.807) is 19.2 Å². The van der Waals surface area contributed by atoms with Gasteiger partial charge < -0.3 is 19.7 Å². The smallest absolute Gasteiger partial charge is 0.251 e. The molecule has 2 aromatic carbocycles. The molecule has 1 fully saturated rings. The number of halogens is 1. The number of hydrogen-bond acceptors (Lipinski definition) is 5. The summed E-state index contributed by atoms with van der Waals surface area (Å²) in [7, 11) is 1.57. The maximum atomic E-state index is 12.6. The minimum Gasteiger partial charge on any atom is -0.493 e. The Balaban J connectivity index is 1.48. The highest BCUT2D eigenvalue weighted by Crippen LogP contribution is 2.36. The number of benzene rings is 2. The Morgan fingerprint density at radius 1 is 1.17 bits per heavy atom. The molecule has 0 aliphatic carbocycles. The molecule has 30 heavy (non-hydrogen) atoms. The van der Waals surface area contributed by atoms with E-state index >= 15 is 0 Å². The van der Waals surface area contributed by atoms with E-state index in [1.165, 1.54) is 11.3 Å². The molecule has 0 unspecified atom stereocenters. The van der Waals surface area contributed by atoms with Gasteiger partial charge in [-0.05, 0) is 59.6 Å². The highest BCUT2D eigenvalue weighted by Gasteiger charge is 2.18. The van der Waals surface area contributed by atoms with Gasteiger partial charge in [-0.25, -0.2) is 0 Å². The van der Waals surface area contributed by atoms with Crippen molar-refractivity contribution in [3.05, 3.63) is 52.0 Å². The van der Waals surface area contributed by atoms with E-state index in [2.05, 4.69) is 62.2 Å². The molecule has 1 aliphatic rings. The lowest BCUT2D eigenvalue weighted by Gasteiger charge is -2.36. The summed E-state index contributed by atoms with van der Waals surface area (Å²) in [5, 5.41) is 3.02. The first kappa shape index (κ1) is 22.4. The van der Waals surface area contributed by atoms with E-state index < -0.39 is 0 Å². The summed E-state index contributed by atoms with van der Waals surface area (Å²) >= 11 is 3.47. The fourth-order valence-electron chi connectivity index (χ4n) is 3.62. The van der Waals surface area contributed by atoms with Gasteiger partial charge in [-0.3, -0.25) is 9.69 Å². The summed E-state index contributed by atoms with van der Waals surface area (Å²) in [5.41, 5.74) is 3.12. The van der Waals surface area contributed by atoms with Crippen molar-refractivity contribution in [2.24, 2.45) is 0 Å². The standard InChI is InChI=1S/C23H30BrN3O3/c1-4-30-22-20(24)15-18(16-21(22)29-3)23(28)25-8-9-26-10-12-27(13-11-26)19-7-5-6-17(2)14-19/h5-7,14-16H,4,8-13H2,1-3H3,(H,25,28). The molecule has 0 saturated carbocycles. The Kier molecular flexibility index (Phi) is 7.99. The van der Waals surface area contributed by atoms with Crippen LogP contribution in [0.4, 0.5) is 5.69 Å². The summed E-state index contributed by atoms with van der Waals surface area (Å²) in [5.74, 6) is 1.04. The maximum Gasteiger partial charge on any atom is 0.251 e. The molecule has 162 valence electrons. The van der Waals surface area contributed by atoms with Crippen molar-refractivity contribution in [3.63, 3.8) is 0 Å². The van der Waals surface area contributed by atoms with Crippen LogP contribution in [-0.4, -0.2) is 63.8 Å². The van der Waals surface area contributed by atoms with Gasteiger partial charge in [0.1, 0.15) is 0 Å². The molecule has 1 amide bonds. The van der Waals surface area contributed by atoms with Crippen LogP contribution in [0.5, 0.6) is 11.5 Å². The van der Waals surface area contributed by atoms with Gasteiger partial charge in [0, 0.05) is 50.5 Å². The minimum atomic E-state index is -0.115. The molecule has 1 heterocycles. The van der Waals surface area contributed by atoms with Gasteiger partial charge >= 0.3 is 0 Å². The van der Waals surface area contributed by atoms with Crippen molar-refractivity contribution >= 4 is 27.5 Å². The highest BCUT2D eigenvalue weighted by molar-refractivity contribution is 9.10. The van der Waals surface area contributed by atoms with Crippen LogP contribution in [0.2, 0.25) is 0 Å². The van der Waals surface area contributed by atoms with E-state index in [-0.39, 0.29) is 5.91 Å². The van der Waals surface area contributed by atoms with E-state index in [4.69, 9.17) is 9.47 Å². The van der Waals surface area contributed by atoms with Gasteiger partial charge in [0.05, 0.1) is 18.2 Å². The molecular weight excluding hydrogens is 446 g/mol. The molecule has 3 rings (SSSR count). The van der Waals surface area contributed by atoms with Crippen LogP contribution < -0.4 is 19.7 Å². The first-order chi connectivity index (χ1) is 14.5. The molecule has 0 atom stereocenters. The second kappa shape index (κ2) is 10.7. The molecule has 0 aromatic heterocycles. The topological polar surface area (TPSA) is 54.0 Å². The van der Waals surface area contributed by atoms with Crippen LogP contribution in [0.1, 0.15) is 22.8 Å². The number of piperazine rings is 1. The predicted octanol–water partition coefficient (Wildman–Crippen LogP) is 3.72. The second-order valence-corrected chi connectivity index (χ2v) is 8.20. The normalized spacial score (nSPS) is 14.5. The van der Waals surface area contributed by atoms with Gasteiger partial charge in [0.2, 0.25) is 0 Å². The van der Waals surface area contributed by atoms with Gasteiger partial charge in [-0.2, -0.15) is 0 Å². The van der Waals surface area contributed by atoms with E-state index in [0.29, 0.717) is 34.7 Å². The summed E-state index contributed by atoms with van der Waals surface area (Å²) < 4.78 is 11.7. The summed E-state index contributed by atoms with van der Waals surface area (Å²) in [6.45, 7) is 9.99. The number of amides is 1. The third kappa shape index (κ3) is 5.67. The SMILES string of the molecule is CCOc1c(Br)cc(C(=O)NCCN2CCN(c3cccc(C)c3)CC2)cc1OC. The first-order valence-electron chi connectivity index (χ1n) is 10.3. The largest absolute Gasteiger partial charge is 0.493 e. The zero-order valence-electron chi connectivity index (χ0n) is 17.9. The Labute approximate surface area is 187 Å². The monoisotopic (exact) mass is 475 g/mol. The van der Waals surface area contributed by atoms with Crippen LogP contribution in [0.25, 0.3) is 0 Å². The number of hydrogen-bond donors (Lipinski definition) is 1. The molecule has 1 N–H and O–H groups in total. The average molecular weight is 476 g/mol. The van der Waals surface area contributed by atoms with E-state index in [9.17, 15) is 4.79 Å². The number of methoxy groups -OCH3 is 1. The quantitative estimate of drug-likeness (QED) is 0.630. The van der Waals surface area contributed by atoms with Crippen LogP contribution in [0, 0.1) is 6.92 Å². The molecule has 0 radical (unpaired) electrons. The average Bonchev–Trinajstić information content (AvgIpc) is 2.75. The van der Waals surface area contributed by atoms with Gasteiger partial charge in [0.25, 0.3) is 5.91 Å². The van der Waals surface area contributed by atoms with Crippen molar-refractivity contribution in [2.45, 2.75) is 13.8 Å². The van der Waals surface area contributed by atoms with Crippen LogP contribution >= 0.6 is 15.9 Å². The fraction of sp³-hybridized carbons (Fsp3) is 0.435. The van der Waals surface area contributed by atoms with E-state index in [1.807, 2.05) is 6.92 Å². The molecule has 2 aromatic rings. The van der Waals surface area contributed by atoms with Gasteiger partial charge in [0.15, 0.2) is 11.5 Å². The minimum absolute atomic E-state index is 0.115. The Hall–Kier alpha value is -2.25. The number of aryl methyl sites for hydroxylation is 1. The fourth-order valence-corrected chi connectivity index (χ4v) is 4.18. The summed E-state index contributed by atoms with van der Waals surface area (Å²) in [4.78, 5) is 17.4. The lowest BCUT2D eigenvalue weighted by molar-refractivity contribution is 0.0947. The van der Waals surface area contributed by atoms with Crippen molar-refractivity contribution in [2.75, 3.05) is 57.9 Å². The number of rotatable bonds is 8. The Morgan fingerprint density at radius 3 is 2.60 bits per heavy atom. The van der Waals surface area contributed by atoms with Gasteiger partial charge in [-0.1, -0.05) is 12.1 Å². The third-order valence-electron chi connectivity index (χ3n) is 5.23. The van der Waals surface area contributed by atoms with Crippen LogP contribution in [0.15, 0.2) is 40.9 Å². The second-order valence-electron chi connectivity index (χ2n) is 7.35. The zero-order valence-corrected chi connectivity index (χ0v) is 19.5. The lowest BCUT2D eigenvalue weighted by atomic mass is 10.2. The van der Waals surface area contributed by atoms with Crippen molar-refractivity contribution in [1.82, 2.24) is 10.2 Å². The molecule has 6 nitrogen and oxygen atoms in total. The molecule has 1 aliphatic heterocycles. The zero-order chi connectivity index (χ0) is 21.5. The van der Waals surface area contributed by atoms with E-state index in [0.717, 1.165) is 32.7 Å². The number of nitrogens with zero attached hydrogens (tertiary/aromatic N) is 2. The summed E-state index contributed by atoms with van der Waals surface area (Å²) in [6, 6.07) is 12.1. The third-order valence-corrected chi connectivity index (χ3v) is 5.82. The molecule has 0 bridgehead atoms. The first-order valence-corrected chi connectivity index (χ1v) is 11.1. The summed E-state index contributed by atoms with van der Waals surface area (Å²) in [6.07, 6.45) is 0. The highest BCUT2D eigenvalue weighted by atomic mass is 79.9. The molecule has 7 heteroatoms. The predicted molar refractivity (Wildman–Crippen MR) is 124 cm³/mol. The van der Waals surface area contributed by atoms with Crippen molar-refractivity contribution in [3.8, 4) is 11.5 Å². The number of ether oxygens (including phenoxy) is 2. The maximum absolute atomic E-state index is 12.6. The number of carbonyl (C=O) groups is 1. The molecule has 1 saturated heterocycles. The number of anilines is 1. The number of carbonyl (C=O) groups excluding carboxylic acids is 1. The van der Waals surface area contributed by atoms with Crippen LogP contribution in [0.3, 0.4) is 0 Å². The molecular formula is C23H30BrN3O3. The Morgan fingerprint density at radius 2 is 1.93 bits per heavy atom. The Bertz CT molecular complexity index is 867.